The summed E-state index contributed by atoms with van der Waals surface area (Å²) >= 11 is 0. The number of ether oxygens (including phenoxy) is 2. The summed E-state index contributed by atoms with van der Waals surface area (Å²) in [4.78, 5) is 12.6. The Hall–Kier alpha value is -3.91. The first-order valence-electron chi connectivity index (χ1n) is 10.1. The summed E-state index contributed by atoms with van der Waals surface area (Å²) in [6.07, 6.45) is 1.55. The van der Waals surface area contributed by atoms with E-state index in [1.165, 1.54) is 13.2 Å². The third-order valence-corrected chi connectivity index (χ3v) is 4.97. The predicted octanol–water partition coefficient (Wildman–Crippen LogP) is 6.42. The number of halogens is 1. The van der Waals surface area contributed by atoms with Crippen molar-refractivity contribution in [2.24, 2.45) is 0 Å². The highest BCUT2D eigenvalue weighted by molar-refractivity contribution is 5.92. The average molecular weight is 429 g/mol. The van der Waals surface area contributed by atoms with E-state index in [9.17, 15) is 14.4 Å². The van der Waals surface area contributed by atoms with Crippen molar-refractivity contribution in [3.05, 3.63) is 94.8 Å². The van der Waals surface area contributed by atoms with Crippen LogP contribution in [0.3, 0.4) is 0 Å². The first kappa shape index (κ1) is 22.8. The van der Waals surface area contributed by atoms with E-state index in [4.69, 9.17) is 9.47 Å². The van der Waals surface area contributed by atoms with Gasteiger partial charge < -0.3 is 9.47 Å². The smallest absolute Gasteiger partial charge is 0.343 e. The Labute approximate surface area is 187 Å². The van der Waals surface area contributed by atoms with Crippen molar-refractivity contribution in [1.29, 1.82) is 5.26 Å². The van der Waals surface area contributed by atoms with Crippen LogP contribution in [0.15, 0.2) is 66.7 Å². The topological polar surface area (TPSA) is 59.3 Å². The molecule has 0 spiro atoms. The number of nitrogens with zero attached hydrogens (tertiary/aromatic N) is 1. The molecule has 4 nitrogen and oxygen atoms in total. The summed E-state index contributed by atoms with van der Waals surface area (Å²) < 4.78 is 25.0. The maximum atomic E-state index is 14.1. The Morgan fingerprint density at radius 2 is 1.69 bits per heavy atom. The zero-order valence-electron chi connectivity index (χ0n) is 18.5. The molecule has 0 saturated heterocycles. The van der Waals surface area contributed by atoms with Crippen LogP contribution < -0.4 is 9.47 Å². The quantitative estimate of drug-likeness (QED) is 0.203. The van der Waals surface area contributed by atoms with Gasteiger partial charge in [-0.15, -0.1) is 0 Å². The molecule has 0 saturated carbocycles. The van der Waals surface area contributed by atoms with E-state index in [-0.39, 0.29) is 22.3 Å². The maximum Gasteiger partial charge on any atom is 0.343 e. The largest absolute Gasteiger partial charge is 0.493 e. The average Bonchev–Trinajstić information content (AvgIpc) is 2.78. The molecule has 5 heteroatoms. The number of rotatable bonds is 5. The van der Waals surface area contributed by atoms with E-state index >= 15 is 0 Å². The molecule has 0 fully saturated rings. The van der Waals surface area contributed by atoms with Crippen molar-refractivity contribution >= 4 is 17.6 Å². The number of esters is 1. The van der Waals surface area contributed by atoms with E-state index in [1.807, 2.05) is 18.2 Å². The van der Waals surface area contributed by atoms with Gasteiger partial charge in [0, 0.05) is 5.56 Å². The van der Waals surface area contributed by atoms with Crippen molar-refractivity contribution < 1.29 is 18.7 Å². The lowest BCUT2D eigenvalue weighted by molar-refractivity contribution is 0.0729. The van der Waals surface area contributed by atoms with Gasteiger partial charge in [0.05, 0.1) is 24.3 Å². The normalized spacial score (nSPS) is 11.6. The van der Waals surface area contributed by atoms with Crippen molar-refractivity contribution in [1.82, 2.24) is 0 Å². The third kappa shape index (κ3) is 5.22. The van der Waals surface area contributed by atoms with Gasteiger partial charge >= 0.3 is 5.97 Å². The number of hydrogen-bond acceptors (Lipinski definition) is 4. The van der Waals surface area contributed by atoms with E-state index in [2.05, 4.69) is 20.8 Å². The lowest BCUT2D eigenvalue weighted by Gasteiger charge is -2.19. The Kier molecular flexibility index (Phi) is 6.75. The summed E-state index contributed by atoms with van der Waals surface area (Å²) in [5.41, 5.74) is 2.52. The summed E-state index contributed by atoms with van der Waals surface area (Å²) in [5, 5.41) is 9.48. The number of carbonyl (C=O) groups is 1. The third-order valence-electron chi connectivity index (χ3n) is 4.97. The van der Waals surface area contributed by atoms with Crippen LogP contribution in [0.5, 0.6) is 11.5 Å². The molecule has 0 aliphatic rings. The molecular weight excluding hydrogens is 405 g/mol. The molecule has 32 heavy (non-hydrogen) atoms. The fourth-order valence-electron chi connectivity index (χ4n) is 3.14. The molecule has 0 atom stereocenters. The van der Waals surface area contributed by atoms with Crippen LogP contribution >= 0.6 is 0 Å². The molecule has 0 N–H and O–H groups in total. The summed E-state index contributed by atoms with van der Waals surface area (Å²) in [5.74, 6) is -0.408. The first-order valence-corrected chi connectivity index (χ1v) is 10.1. The predicted molar refractivity (Wildman–Crippen MR) is 123 cm³/mol. The fourth-order valence-corrected chi connectivity index (χ4v) is 3.14. The van der Waals surface area contributed by atoms with Gasteiger partial charge in [-0.05, 0) is 52.9 Å². The highest BCUT2D eigenvalue weighted by Gasteiger charge is 2.17. The van der Waals surface area contributed by atoms with Crippen molar-refractivity contribution in [2.75, 3.05) is 7.11 Å². The van der Waals surface area contributed by atoms with E-state index in [0.717, 1.165) is 5.56 Å². The first-order chi connectivity index (χ1) is 15.2. The molecule has 0 aromatic heterocycles. The number of allylic oxidation sites excluding steroid dienone is 1. The highest BCUT2D eigenvalue weighted by atomic mass is 19.1. The maximum absolute atomic E-state index is 14.1. The SMILES string of the molecule is COc1cc(/C=C(/C#N)c2ccccc2F)ccc1OC(=O)c1ccc(C(C)(C)C)cc1. The molecule has 0 bridgehead atoms. The molecule has 0 amide bonds. The number of hydrogen-bond donors (Lipinski definition) is 0. The van der Waals surface area contributed by atoms with Crippen LogP contribution in [0.25, 0.3) is 11.6 Å². The van der Waals surface area contributed by atoms with Gasteiger partial charge in [0.15, 0.2) is 11.5 Å². The second-order valence-electron chi connectivity index (χ2n) is 8.28. The van der Waals surface area contributed by atoms with E-state index in [1.54, 1.807) is 54.6 Å². The number of carbonyl (C=O) groups excluding carboxylic acids is 1. The standard InChI is InChI=1S/C27H24FNO3/c1-27(2,3)21-12-10-19(11-13-21)26(30)32-24-14-9-18(16-25(24)31-4)15-20(17-29)22-7-5-6-8-23(22)28/h5-16H,1-4H3/b20-15-. The Balaban J connectivity index is 1.85. The molecule has 3 aromatic carbocycles. The van der Waals surface area contributed by atoms with Gasteiger partial charge in [-0.2, -0.15) is 5.26 Å². The number of benzene rings is 3. The van der Waals surface area contributed by atoms with Crippen molar-refractivity contribution in [3.8, 4) is 17.6 Å². The van der Waals surface area contributed by atoms with Gasteiger partial charge in [-0.1, -0.05) is 57.2 Å². The summed E-state index contributed by atoms with van der Waals surface area (Å²) in [6.45, 7) is 6.31. The van der Waals surface area contributed by atoms with Gasteiger partial charge in [0.2, 0.25) is 0 Å². The molecule has 3 aromatic rings. The van der Waals surface area contributed by atoms with Crippen LogP contribution in [-0.4, -0.2) is 13.1 Å². The second-order valence-corrected chi connectivity index (χ2v) is 8.28. The molecule has 0 heterocycles. The van der Waals surface area contributed by atoms with Gasteiger partial charge in [-0.3, -0.25) is 0 Å². The van der Waals surface area contributed by atoms with Crippen LogP contribution in [0, 0.1) is 17.1 Å². The molecule has 3 rings (SSSR count). The van der Waals surface area contributed by atoms with Crippen LogP contribution in [0.4, 0.5) is 4.39 Å². The minimum atomic E-state index is -0.504. The van der Waals surface area contributed by atoms with Gasteiger partial charge in [-0.25, -0.2) is 9.18 Å². The minimum Gasteiger partial charge on any atom is -0.493 e. The molecular formula is C27H24FNO3. The van der Waals surface area contributed by atoms with Crippen LogP contribution in [-0.2, 0) is 5.41 Å². The minimum absolute atomic E-state index is 0.0139. The van der Waals surface area contributed by atoms with Crippen molar-refractivity contribution in [3.63, 3.8) is 0 Å². The summed E-state index contributed by atoms with van der Waals surface area (Å²) in [7, 11) is 1.46. The number of methoxy groups -OCH3 is 1. The van der Waals surface area contributed by atoms with Crippen LogP contribution in [0.2, 0.25) is 0 Å². The van der Waals surface area contributed by atoms with E-state index < -0.39 is 11.8 Å². The Bertz CT molecular complexity index is 1200. The van der Waals surface area contributed by atoms with Crippen molar-refractivity contribution in [2.45, 2.75) is 26.2 Å². The molecule has 162 valence electrons. The number of nitriles is 1. The van der Waals surface area contributed by atoms with Gasteiger partial charge in [0.1, 0.15) is 5.82 Å². The Morgan fingerprint density at radius 1 is 1.00 bits per heavy atom. The molecule has 0 aliphatic carbocycles. The second kappa shape index (κ2) is 9.49. The monoisotopic (exact) mass is 429 g/mol. The molecule has 0 unspecified atom stereocenters. The van der Waals surface area contributed by atoms with E-state index in [0.29, 0.717) is 16.9 Å². The van der Waals surface area contributed by atoms with Crippen LogP contribution in [0.1, 0.15) is 47.8 Å². The lowest BCUT2D eigenvalue weighted by Crippen LogP contribution is -2.13. The fraction of sp³-hybridized carbons (Fsp3) is 0.185. The molecule has 0 radical (unpaired) electrons. The van der Waals surface area contributed by atoms with Gasteiger partial charge in [0.25, 0.3) is 0 Å². The molecule has 0 aliphatic heterocycles. The Morgan fingerprint density at radius 3 is 2.28 bits per heavy atom. The highest BCUT2D eigenvalue weighted by Crippen LogP contribution is 2.31. The zero-order chi connectivity index (χ0) is 23.3. The lowest BCUT2D eigenvalue weighted by atomic mass is 9.87. The summed E-state index contributed by atoms with van der Waals surface area (Å²) in [6, 6.07) is 20.3. The zero-order valence-corrected chi connectivity index (χ0v) is 18.5.